The van der Waals surface area contributed by atoms with Crippen molar-refractivity contribution in [3.63, 3.8) is 0 Å². The van der Waals surface area contributed by atoms with Crippen LogP contribution in [-0.2, 0) is 16.6 Å². The SMILES string of the molecule is CCOC(=O)c1sc(NC(=O)CSc2nnc(-c3sc(N)nc3C)n2C)nc1C. The number of esters is 1. The lowest BCUT2D eigenvalue weighted by molar-refractivity contribution is -0.113. The number of amides is 1. The molecule has 0 aromatic carbocycles. The summed E-state index contributed by atoms with van der Waals surface area (Å²) in [5.41, 5.74) is 7.06. The number of carbonyl (C=O) groups is 2. The Kier molecular flexibility index (Phi) is 6.49. The first-order valence-corrected chi connectivity index (χ1v) is 11.1. The van der Waals surface area contributed by atoms with Crippen molar-refractivity contribution < 1.29 is 14.3 Å². The van der Waals surface area contributed by atoms with E-state index in [1.165, 1.54) is 23.1 Å². The van der Waals surface area contributed by atoms with Crippen molar-refractivity contribution in [3.05, 3.63) is 16.3 Å². The number of nitrogens with one attached hydrogen (secondary N) is 1. The third kappa shape index (κ3) is 4.74. The van der Waals surface area contributed by atoms with E-state index in [1.54, 1.807) is 18.4 Å². The zero-order valence-electron chi connectivity index (χ0n) is 16.2. The normalized spacial score (nSPS) is 10.9. The molecule has 3 heterocycles. The fourth-order valence-corrected chi connectivity index (χ4v) is 4.83. The van der Waals surface area contributed by atoms with Gasteiger partial charge in [0.15, 0.2) is 21.2 Å². The maximum absolute atomic E-state index is 12.3. The molecule has 0 saturated heterocycles. The van der Waals surface area contributed by atoms with Crippen molar-refractivity contribution in [2.45, 2.75) is 25.9 Å². The van der Waals surface area contributed by atoms with E-state index in [-0.39, 0.29) is 18.3 Å². The van der Waals surface area contributed by atoms with Gasteiger partial charge in [0, 0.05) is 7.05 Å². The second-order valence-corrected chi connectivity index (χ2v) is 8.79. The Morgan fingerprint density at radius 3 is 2.62 bits per heavy atom. The Balaban J connectivity index is 1.63. The van der Waals surface area contributed by atoms with Gasteiger partial charge in [-0.3, -0.25) is 4.79 Å². The summed E-state index contributed by atoms with van der Waals surface area (Å²) in [5.74, 6) is 0.0579. The summed E-state index contributed by atoms with van der Waals surface area (Å²) in [5, 5.41) is 12.4. The Hall–Kier alpha value is -2.51. The number of anilines is 2. The van der Waals surface area contributed by atoms with E-state index in [0.29, 0.717) is 31.8 Å². The zero-order valence-corrected chi connectivity index (χ0v) is 18.6. The third-order valence-corrected chi connectivity index (χ3v) is 6.74. The molecule has 10 nitrogen and oxygen atoms in total. The van der Waals surface area contributed by atoms with Gasteiger partial charge >= 0.3 is 5.97 Å². The molecule has 0 aliphatic heterocycles. The third-order valence-electron chi connectivity index (χ3n) is 3.69. The highest BCUT2D eigenvalue weighted by Crippen LogP contribution is 2.31. The second-order valence-electron chi connectivity index (χ2n) is 5.82. The molecule has 154 valence electrons. The summed E-state index contributed by atoms with van der Waals surface area (Å²) in [7, 11) is 1.82. The summed E-state index contributed by atoms with van der Waals surface area (Å²) >= 11 is 3.67. The van der Waals surface area contributed by atoms with Crippen molar-refractivity contribution in [2.75, 3.05) is 23.4 Å². The molecule has 3 aromatic rings. The monoisotopic (exact) mass is 453 g/mol. The number of nitrogens with zero attached hydrogens (tertiary/aromatic N) is 5. The van der Waals surface area contributed by atoms with Gasteiger partial charge in [-0.25, -0.2) is 14.8 Å². The molecule has 0 aliphatic carbocycles. The highest BCUT2D eigenvalue weighted by atomic mass is 32.2. The number of nitrogens with two attached hydrogens (primary N) is 1. The molecule has 29 heavy (non-hydrogen) atoms. The van der Waals surface area contributed by atoms with Gasteiger partial charge in [-0.2, -0.15) is 0 Å². The van der Waals surface area contributed by atoms with E-state index in [1.807, 2.05) is 14.0 Å². The van der Waals surface area contributed by atoms with Crippen LogP contribution in [0.15, 0.2) is 5.16 Å². The van der Waals surface area contributed by atoms with Gasteiger partial charge in [-0.1, -0.05) is 34.4 Å². The smallest absolute Gasteiger partial charge is 0.350 e. The molecule has 0 fully saturated rings. The number of thiazole rings is 2. The summed E-state index contributed by atoms with van der Waals surface area (Å²) in [6.45, 7) is 5.57. The van der Waals surface area contributed by atoms with Crippen LogP contribution in [0.3, 0.4) is 0 Å². The van der Waals surface area contributed by atoms with E-state index in [4.69, 9.17) is 10.5 Å². The summed E-state index contributed by atoms with van der Waals surface area (Å²) in [4.78, 5) is 33.8. The molecule has 0 unspecified atom stereocenters. The molecule has 0 spiro atoms. The maximum Gasteiger partial charge on any atom is 0.350 e. The molecule has 3 rings (SSSR count). The molecule has 0 atom stereocenters. The van der Waals surface area contributed by atoms with Crippen molar-refractivity contribution in [1.82, 2.24) is 24.7 Å². The quantitative estimate of drug-likeness (QED) is 0.408. The standard InChI is InChI=1S/C16H19N7O3S3/c1-5-26-13(25)11-8(3)19-15(29-11)20-9(24)6-27-16-22-21-12(23(16)4)10-7(2)18-14(17)28-10/h5-6H2,1-4H3,(H2,17,18)(H,19,20,24). The van der Waals surface area contributed by atoms with Gasteiger partial charge in [-0.05, 0) is 20.8 Å². The number of carbonyl (C=O) groups excluding carboxylic acids is 2. The summed E-state index contributed by atoms with van der Waals surface area (Å²) < 4.78 is 6.78. The number of rotatable bonds is 7. The minimum atomic E-state index is -0.442. The van der Waals surface area contributed by atoms with Crippen LogP contribution in [0.1, 0.15) is 28.0 Å². The van der Waals surface area contributed by atoms with Crippen molar-refractivity contribution >= 4 is 56.6 Å². The fourth-order valence-electron chi connectivity index (χ4n) is 2.38. The Morgan fingerprint density at radius 1 is 1.21 bits per heavy atom. The molecule has 0 bridgehead atoms. The predicted molar refractivity (Wildman–Crippen MR) is 113 cm³/mol. The first-order chi connectivity index (χ1) is 13.8. The number of aryl methyl sites for hydroxylation is 2. The Labute approximate surface area is 178 Å². The van der Waals surface area contributed by atoms with E-state index in [9.17, 15) is 9.59 Å². The number of hydrogen-bond donors (Lipinski definition) is 2. The molecule has 1 amide bonds. The van der Waals surface area contributed by atoms with Crippen LogP contribution in [0.5, 0.6) is 0 Å². The molecule has 13 heteroatoms. The van der Waals surface area contributed by atoms with E-state index >= 15 is 0 Å². The van der Waals surface area contributed by atoms with Crippen molar-refractivity contribution in [2.24, 2.45) is 7.05 Å². The minimum Gasteiger partial charge on any atom is -0.462 e. The topological polar surface area (TPSA) is 138 Å². The van der Waals surface area contributed by atoms with Gasteiger partial charge in [0.1, 0.15) is 4.88 Å². The van der Waals surface area contributed by atoms with Crippen LogP contribution in [0.2, 0.25) is 0 Å². The molecule has 0 saturated carbocycles. The van der Waals surface area contributed by atoms with E-state index < -0.39 is 5.97 Å². The van der Waals surface area contributed by atoms with Crippen molar-refractivity contribution in [3.8, 4) is 10.7 Å². The van der Waals surface area contributed by atoms with Crippen LogP contribution in [0, 0.1) is 13.8 Å². The molecule has 0 radical (unpaired) electrons. The summed E-state index contributed by atoms with van der Waals surface area (Å²) in [6, 6.07) is 0. The maximum atomic E-state index is 12.3. The largest absolute Gasteiger partial charge is 0.462 e. The highest BCUT2D eigenvalue weighted by molar-refractivity contribution is 7.99. The first kappa shape index (κ1) is 21.2. The van der Waals surface area contributed by atoms with Gasteiger partial charge in [0.2, 0.25) is 5.91 Å². The number of nitrogen functional groups attached to an aromatic ring is 1. The van der Waals surface area contributed by atoms with Crippen LogP contribution in [0.25, 0.3) is 10.7 Å². The van der Waals surface area contributed by atoms with Crippen LogP contribution in [0.4, 0.5) is 10.3 Å². The Morgan fingerprint density at radius 2 is 1.97 bits per heavy atom. The first-order valence-electron chi connectivity index (χ1n) is 8.50. The highest BCUT2D eigenvalue weighted by Gasteiger charge is 2.19. The lowest BCUT2D eigenvalue weighted by Crippen LogP contribution is -2.14. The van der Waals surface area contributed by atoms with Gasteiger partial charge < -0.3 is 20.4 Å². The van der Waals surface area contributed by atoms with Gasteiger partial charge in [0.05, 0.1) is 28.6 Å². The molecular formula is C16H19N7O3S3. The number of thioether (sulfide) groups is 1. The second kappa shape index (κ2) is 8.88. The van der Waals surface area contributed by atoms with Crippen LogP contribution in [-0.4, -0.2) is 49.0 Å². The Bertz CT molecular complexity index is 1060. The number of aromatic nitrogens is 5. The molecule has 3 N–H and O–H groups in total. The lowest BCUT2D eigenvalue weighted by Gasteiger charge is -2.03. The van der Waals surface area contributed by atoms with Gasteiger partial charge in [0.25, 0.3) is 0 Å². The minimum absolute atomic E-state index is 0.114. The van der Waals surface area contributed by atoms with Gasteiger partial charge in [-0.15, -0.1) is 10.2 Å². The molecule has 3 aromatic heterocycles. The predicted octanol–water partition coefficient (Wildman–Crippen LogP) is 2.50. The van der Waals surface area contributed by atoms with E-state index in [0.717, 1.165) is 21.9 Å². The van der Waals surface area contributed by atoms with E-state index in [2.05, 4.69) is 25.5 Å². The average Bonchev–Trinajstić information content (AvgIpc) is 3.30. The van der Waals surface area contributed by atoms with Crippen molar-refractivity contribution in [1.29, 1.82) is 0 Å². The van der Waals surface area contributed by atoms with Crippen LogP contribution < -0.4 is 11.1 Å². The fraction of sp³-hybridized carbons (Fsp3) is 0.375. The summed E-state index contributed by atoms with van der Waals surface area (Å²) in [6.07, 6.45) is 0. The molecule has 0 aliphatic rings. The zero-order chi connectivity index (χ0) is 21.1. The number of hydrogen-bond acceptors (Lipinski definition) is 11. The lowest BCUT2D eigenvalue weighted by atomic mass is 10.4. The number of ether oxygens (including phenoxy) is 1. The average molecular weight is 454 g/mol. The van der Waals surface area contributed by atoms with Crippen LogP contribution >= 0.6 is 34.4 Å². The molecular weight excluding hydrogens is 434 g/mol.